The maximum absolute atomic E-state index is 13.5. The molecule has 2 aromatic carbocycles. The fourth-order valence-corrected chi connectivity index (χ4v) is 5.87. The molecule has 1 saturated heterocycles. The van der Waals surface area contributed by atoms with E-state index in [-0.39, 0.29) is 40.8 Å². The Bertz CT molecular complexity index is 1400. The van der Waals surface area contributed by atoms with Crippen LogP contribution in [-0.4, -0.2) is 41.0 Å². The highest BCUT2D eigenvalue weighted by atomic mass is 35.5. The van der Waals surface area contributed by atoms with Crippen LogP contribution in [0.15, 0.2) is 30.5 Å². The number of alkyl halides is 3. The number of ether oxygens (including phenoxy) is 1. The monoisotopic (exact) mass is 568 g/mol. The number of halogens is 5. The summed E-state index contributed by atoms with van der Waals surface area (Å²) in [6.45, 7) is 8.34. The Balaban J connectivity index is 1.63. The Labute approximate surface area is 229 Å². The molecule has 2 atom stereocenters. The second kappa shape index (κ2) is 10.8. The minimum absolute atomic E-state index is 0.0731. The topological polar surface area (TPSA) is 51.5 Å². The van der Waals surface area contributed by atoms with Crippen LogP contribution < -0.4 is 0 Å². The number of amides is 1. The molecule has 0 spiro atoms. The van der Waals surface area contributed by atoms with Gasteiger partial charge < -0.3 is 14.2 Å². The number of aromatic nitrogens is 1. The second-order valence-corrected chi connectivity index (χ2v) is 10.7. The summed E-state index contributed by atoms with van der Waals surface area (Å²) in [4.78, 5) is 27.4. The maximum atomic E-state index is 13.5. The summed E-state index contributed by atoms with van der Waals surface area (Å²) in [5.41, 5.74) is 1.90. The first-order valence-corrected chi connectivity index (χ1v) is 13.2. The minimum atomic E-state index is -4.45. The second-order valence-electron chi connectivity index (χ2n) is 9.89. The highest BCUT2D eigenvalue weighted by molar-refractivity contribution is 6.38. The molecule has 5 nitrogen and oxygen atoms in total. The van der Waals surface area contributed by atoms with Gasteiger partial charge in [0.05, 0.1) is 40.7 Å². The van der Waals surface area contributed by atoms with Crippen molar-refractivity contribution in [2.45, 2.75) is 46.8 Å². The van der Waals surface area contributed by atoms with Crippen LogP contribution in [0.4, 0.5) is 13.2 Å². The van der Waals surface area contributed by atoms with Crippen molar-refractivity contribution >= 4 is 46.0 Å². The lowest BCUT2D eigenvalue weighted by Gasteiger charge is -2.36. The Morgan fingerprint density at radius 1 is 1.13 bits per heavy atom. The zero-order valence-electron chi connectivity index (χ0n) is 21.6. The molecule has 0 N–H and O–H groups in total. The number of carbonyl (C=O) groups is 2. The minimum Gasteiger partial charge on any atom is -0.466 e. The highest BCUT2D eigenvalue weighted by Crippen LogP contribution is 2.37. The molecular formula is C28H29Cl2F3N2O3. The van der Waals surface area contributed by atoms with Crippen LogP contribution in [0.3, 0.4) is 0 Å². The van der Waals surface area contributed by atoms with Crippen molar-refractivity contribution in [2.24, 2.45) is 11.8 Å². The number of rotatable bonds is 5. The van der Waals surface area contributed by atoms with Gasteiger partial charge in [0.2, 0.25) is 0 Å². The zero-order valence-corrected chi connectivity index (χ0v) is 23.1. The number of fused-ring (bicyclic) bond motifs is 1. The zero-order chi connectivity index (χ0) is 27.9. The lowest BCUT2D eigenvalue weighted by Crippen LogP contribution is -2.45. The first-order valence-electron chi connectivity index (χ1n) is 12.4. The van der Waals surface area contributed by atoms with E-state index in [1.54, 1.807) is 44.0 Å². The summed E-state index contributed by atoms with van der Waals surface area (Å²) < 4.78 is 47.1. The summed E-state index contributed by atoms with van der Waals surface area (Å²) in [5, 5.41) is 1.05. The van der Waals surface area contributed by atoms with Crippen molar-refractivity contribution in [1.82, 2.24) is 9.47 Å². The van der Waals surface area contributed by atoms with E-state index in [2.05, 4.69) is 0 Å². The van der Waals surface area contributed by atoms with Gasteiger partial charge in [0.1, 0.15) is 0 Å². The van der Waals surface area contributed by atoms with Gasteiger partial charge in [-0.1, -0.05) is 30.1 Å². The molecule has 0 unspecified atom stereocenters. The van der Waals surface area contributed by atoms with Crippen LogP contribution in [0.1, 0.15) is 52.9 Å². The van der Waals surface area contributed by atoms with Gasteiger partial charge in [0.25, 0.3) is 5.91 Å². The molecule has 0 saturated carbocycles. The van der Waals surface area contributed by atoms with Crippen LogP contribution in [0.25, 0.3) is 10.9 Å². The van der Waals surface area contributed by atoms with Gasteiger partial charge in [-0.05, 0) is 68.5 Å². The maximum Gasteiger partial charge on any atom is 0.416 e. The molecule has 1 aromatic heterocycles. The SMILES string of the molecule is CCOC(=O)[C@H]1CCN(C(=O)c2ccc(Cl)c(Cn3cc(C)c4cc(C(F)(F)F)cc(C)c43)c2Cl)C[C@H]1C. The van der Waals surface area contributed by atoms with Gasteiger partial charge in [-0.15, -0.1) is 0 Å². The van der Waals surface area contributed by atoms with Crippen molar-refractivity contribution < 1.29 is 27.5 Å². The van der Waals surface area contributed by atoms with Gasteiger partial charge in [0, 0.05) is 35.3 Å². The molecule has 0 bridgehead atoms. The van der Waals surface area contributed by atoms with E-state index < -0.39 is 11.7 Å². The van der Waals surface area contributed by atoms with Crippen LogP contribution in [-0.2, 0) is 22.3 Å². The Hall–Kier alpha value is -2.71. The predicted molar refractivity (Wildman–Crippen MR) is 142 cm³/mol. The Kier molecular flexibility index (Phi) is 8.05. The summed E-state index contributed by atoms with van der Waals surface area (Å²) in [7, 11) is 0. The van der Waals surface area contributed by atoms with Crippen LogP contribution in [0, 0.1) is 25.7 Å². The first-order chi connectivity index (χ1) is 17.8. The molecule has 10 heteroatoms. The Morgan fingerprint density at radius 3 is 2.47 bits per heavy atom. The molecule has 0 aliphatic carbocycles. The highest BCUT2D eigenvalue weighted by Gasteiger charge is 2.35. The third-order valence-electron chi connectivity index (χ3n) is 7.22. The van der Waals surface area contributed by atoms with Crippen molar-refractivity contribution in [3.63, 3.8) is 0 Å². The van der Waals surface area contributed by atoms with Crippen molar-refractivity contribution in [1.29, 1.82) is 0 Å². The average molecular weight is 569 g/mol. The molecule has 1 aliphatic heterocycles. The van der Waals surface area contributed by atoms with E-state index >= 15 is 0 Å². The van der Waals surface area contributed by atoms with Gasteiger partial charge in [-0.25, -0.2) is 0 Å². The predicted octanol–water partition coefficient (Wildman–Crippen LogP) is 7.29. The largest absolute Gasteiger partial charge is 0.466 e. The number of esters is 1. The van der Waals surface area contributed by atoms with Crippen molar-refractivity contribution in [3.8, 4) is 0 Å². The van der Waals surface area contributed by atoms with E-state index in [9.17, 15) is 22.8 Å². The number of carbonyl (C=O) groups excluding carboxylic acids is 2. The Morgan fingerprint density at radius 2 is 1.84 bits per heavy atom. The van der Waals surface area contributed by atoms with E-state index in [0.29, 0.717) is 58.7 Å². The van der Waals surface area contributed by atoms with Crippen LogP contribution in [0.2, 0.25) is 10.0 Å². The summed E-state index contributed by atoms with van der Waals surface area (Å²) in [6, 6.07) is 5.47. The summed E-state index contributed by atoms with van der Waals surface area (Å²) in [5.74, 6) is -0.842. The quantitative estimate of drug-likeness (QED) is 0.303. The third kappa shape index (κ3) is 5.38. The lowest BCUT2D eigenvalue weighted by atomic mass is 9.86. The lowest BCUT2D eigenvalue weighted by molar-refractivity contribution is -0.151. The molecule has 1 amide bonds. The smallest absolute Gasteiger partial charge is 0.416 e. The van der Waals surface area contributed by atoms with Crippen LogP contribution >= 0.6 is 23.2 Å². The van der Waals surface area contributed by atoms with Gasteiger partial charge >= 0.3 is 12.1 Å². The molecule has 2 heterocycles. The van der Waals surface area contributed by atoms with Gasteiger partial charge in [-0.2, -0.15) is 13.2 Å². The number of hydrogen-bond acceptors (Lipinski definition) is 3. The number of hydrogen-bond donors (Lipinski definition) is 0. The number of aryl methyl sites for hydroxylation is 2. The number of piperidine rings is 1. The standard InChI is InChI=1S/C28H29Cl2F3N2O3/c1-5-38-27(37)19-8-9-34(12-16(19)3)26(36)20-6-7-23(29)22(24(20)30)14-35-13-17(4)21-11-18(28(31,32)33)10-15(2)25(21)35/h6-7,10-11,13,16,19H,5,8-9,12,14H2,1-4H3/t16-,19+/m1/s1. The van der Waals surface area contributed by atoms with Crippen molar-refractivity contribution in [2.75, 3.05) is 19.7 Å². The van der Waals surface area contributed by atoms with Crippen LogP contribution in [0.5, 0.6) is 0 Å². The molecule has 3 aromatic rings. The van der Waals surface area contributed by atoms with Gasteiger partial charge in [-0.3, -0.25) is 9.59 Å². The molecule has 1 aliphatic rings. The fraction of sp³-hybridized carbons (Fsp3) is 0.429. The van der Waals surface area contributed by atoms with Gasteiger partial charge in [0.15, 0.2) is 0 Å². The molecule has 1 fully saturated rings. The van der Waals surface area contributed by atoms with Crippen molar-refractivity contribution in [3.05, 3.63) is 68.3 Å². The number of nitrogens with zero attached hydrogens (tertiary/aromatic N) is 2. The first kappa shape index (κ1) is 28.3. The average Bonchev–Trinajstić information content (AvgIpc) is 3.16. The van der Waals surface area contributed by atoms with E-state index in [1.807, 2.05) is 11.5 Å². The number of benzene rings is 2. The molecule has 4 rings (SSSR count). The molecule has 38 heavy (non-hydrogen) atoms. The fourth-order valence-electron chi connectivity index (χ4n) is 5.30. The third-order valence-corrected chi connectivity index (χ3v) is 8.00. The molecule has 204 valence electrons. The van der Waals surface area contributed by atoms with E-state index in [4.69, 9.17) is 27.9 Å². The molecular weight excluding hydrogens is 540 g/mol. The number of likely N-dealkylation sites (tertiary alicyclic amines) is 1. The van der Waals surface area contributed by atoms with E-state index in [0.717, 1.165) is 12.1 Å². The summed E-state index contributed by atoms with van der Waals surface area (Å²) in [6.07, 6.45) is -2.18. The normalized spacial score (nSPS) is 18.2. The summed E-state index contributed by atoms with van der Waals surface area (Å²) >= 11 is 13.3. The molecule has 0 radical (unpaired) electrons. The van der Waals surface area contributed by atoms with E-state index in [1.165, 1.54) is 0 Å².